The van der Waals surface area contributed by atoms with Gasteiger partial charge in [0.15, 0.2) is 0 Å². The maximum Gasteiger partial charge on any atom is 0.295 e. The highest BCUT2D eigenvalue weighted by atomic mass is 35.5. The molecule has 9 heteroatoms. The first-order valence-electron chi connectivity index (χ1n) is 10.6. The van der Waals surface area contributed by atoms with E-state index in [0.29, 0.717) is 29.4 Å². The molecule has 0 bridgehead atoms. The SMILES string of the molecule is OCC(F)(F)c1cccc(CNc2nc(Cl)nc3c2CC(N2CC4(COC4)C2)CC3)c1. The Labute approximate surface area is 184 Å². The molecule has 1 unspecified atom stereocenters. The quantitative estimate of drug-likeness (QED) is 0.659. The van der Waals surface area contributed by atoms with Gasteiger partial charge in [-0.2, -0.15) is 8.78 Å². The third kappa shape index (κ3) is 4.02. The van der Waals surface area contributed by atoms with Gasteiger partial charge in [-0.15, -0.1) is 0 Å². The molecule has 2 N–H and O–H groups in total. The molecule has 31 heavy (non-hydrogen) atoms. The van der Waals surface area contributed by atoms with Gasteiger partial charge in [-0.25, -0.2) is 9.97 Å². The van der Waals surface area contributed by atoms with E-state index in [1.165, 1.54) is 12.1 Å². The normalized spacial score (nSPS) is 22.5. The number of hydrogen-bond acceptors (Lipinski definition) is 6. The number of alkyl halides is 2. The molecule has 1 aliphatic carbocycles. The van der Waals surface area contributed by atoms with Gasteiger partial charge >= 0.3 is 0 Å². The zero-order valence-corrected chi connectivity index (χ0v) is 17.8. The Balaban J connectivity index is 1.30. The largest absolute Gasteiger partial charge is 0.390 e. The lowest BCUT2D eigenvalue weighted by molar-refractivity contribution is -0.199. The summed E-state index contributed by atoms with van der Waals surface area (Å²) in [7, 11) is 0. The zero-order valence-electron chi connectivity index (χ0n) is 17.1. The average molecular weight is 451 g/mol. The Hall–Kier alpha value is -1.87. The van der Waals surface area contributed by atoms with Crippen LogP contribution in [0.1, 0.15) is 28.8 Å². The van der Waals surface area contributed by atoms with E-state index in [0.717, 1.165) is 56.8 Å². The Morgan fingerprint density at radius 3 is 2.81 bits per heavy atom. The number of anilines is 1. The van der Waals surface area contributed by atoms with Crippen molar-refractivity contribution in [3.63, 3.8) is 0 Å². The van der Waals surface area contributed by atoms with Crippen LogP contribution in [-0.4, -0.2) is 58.9 Å². The van der Waals surface area contributed by atoms with E-state index in [2.05, 4.69) is 20.2 Å². The molecular weight excluding hydrogens is 426 g/mol. The molecule has 0 radical (unpaired) electrons. The van der Waals surface area contributed by atoms with Crippen molar-refractivity contribution in [1.82, 2.24) is 14.9 Å². The van der Waals surface area contributed by atoms with Crippen molar-refractivity contribution in [2.24, 2.45) is 5.41 Å². The second-order valence-corrected chi connectivity index (χ2v) is 9.32. The highest BCUT2D eigenvalue weighted by molar-refractivity contribution is 6.28. The third-order valence-corrected chi connectivity index (χ3v) is 6.81. The molecular formula is C22H25ClF2N4O2. The van der Waals surface area contributed by atoms with Gasteiger partial charge in [0, 0.05) is 42.2 Å². The monoisotopic (exact) mass is 450 g/mol. The topological polar surface area (TPSA) is 70.5 Å². The van der Waals surface area contributed by atoms with Crippen molar-refractivity contribution >= 4 is 17.4 Å². The number of fused-ring (bicyclic) bond motifs is 1. The van der Waals surface area contributed by atoms with Gasteiger partial charge < -0.3 is 15.2 Å². The molecule has 0 amide bonds. The van der Waals surface area contributed by atoms with Gasteiger partial charge in [0.2, 0.25) is 5.28 Å². The molecule has 2 aromatic rings. The van der Waals surface area contributed by atoms with Crippen molar-refractivity contribution in [2.45, 2.75) is 37.8 Å². The number of benzene rings is 1. The molecule has 1 spiro atoms. The molecule has 1 atom stereocenters. The smallest absolute Gasteiger partial charge is 0.295 e. The number of halogens is 3. The van der Waals surface area contributed by atoms with Gasteiger partial charge in [-0.05, 0) is 42.5 Å². The second kappa shape index (κ2) is 7.92. The number of rotatable bonds is 6. The predicted octanol–water partition coefficient (Wildman–Crippen LogP) is 3.02. The minimum atomic E-state index is -3.26. The summed E-state index contributed by atoms with van der Waals surface area (Å²) in [5.41, 5.74) is 2.87. The minimum absolute atomic E-state index is 0.190. The molecule has 2 aliphatic heterocycles. The standard InChI is InChI=1S/C22H25ClF2N4O2/c23-20-27-18-5-4-16(29-9-21(10-29)12-31-13-21)7-17(18)19(28-20)26-8-14-2-1-3-15(6-14)22(24,25)11-30/h1-3,6,16,30H,4-5,7-13H2,(H,26,27,28). The van der Waals surface area contributed by atoms with E-state index in [-0.39, 0.29) is 10.8 Å². The van der Waals surface area contributed by atoms with Crippen LogP contribution in [0.25, 0.3) is 0 Å². The molecule has 1 aromatic carbocycles. The molecule has 1 aromatic heterocycles. The molecule has 3 heterocycles. The van der Waals surface area contributed by atoms with Crippen molar-refractivity contribution in [3.8, 4) is 0 Å². The number of hydrogen-bond donors (Lipinski definition) is 2. The maximum absolute atomic E-state index is 13.8. The van der Waals surface area contributed by atoms with E-state index in [1.807, 2.05) is 0 Å². The van der Waals surface area contributed by atoms with Crippen molar-refractivity contribution < 1.29 is 18.6 Å². The highest BCUT2D eigenvalue weighted by Crippen LogP contribution is 2.41. The molecule has 2 saturated heterocycles. The number of aryl methyl sites for hydroxylation is 1. The number of aromatic nitrogens is 2. The zero-order chi connectivity index (χ0) is 21.6. The van der Waals surface area contributed by atoms with Gasteiger partial charge in [0.05, 0.1) is 18.9 Å². The maximum atomic E-state index is 13.8. The van der Waals surface area contributed by atoms with Crippen molar-refractivity contribution in [1.29, 1.82) is 0 Å². The summed E-state index contributed by atoms with van der Waals surface area (Å²) >= 11 is 6.16. The van der Waals surface area contributed by atoms with E-state index in [9.17, 15) is 8.78 Å². The average Bonchev–Trinajstić information content (AvgIpc) is 2.70. The van der Waals surface area contributed by atoms with Crippen LogP contribution < -0.4 is 5.32 Å². The summed E-state index contributed by atoms with van der Waals surface area (Å²) in [4.78, 5) is 11.3. The minimum Gasteiger partial charge on any atom is -0.390 e. The van der Waals surface area contributed by atoms with Gasteiger partial charge in [-0.3, -0.25) is 4.90 Å². The van der Waals surface area contributed by atoms with E-state index < -0.39 is 12.5 Å². The number of aliphatic hydroxyl groups excluding tert-OH is 1. The lowest BCUT2D eigenvalue weighted by Gasteiger charge is -2.58. The van der Waals surface area contributed by atoms with Crippen LogP contribution in [0.5, 0.6) is 0 Å². The summed E-state index contributed by atoms with van der Waals surface area (Å²) < 4.78 is 33.0. The van der Waals surface area contributed by atoms with Crippen LogP contribution in [0.4, 0.5) is 14.6 Å². The summed E-state index contributed by atoms with van der Waals surface area (Å²) in [5, 5.41) is 12.4. The molecule has 2 fully saturated rings. The fourth-order valence-electron chi connectivity index (χ4n) is 4.85. The fraction of sp³-hybridized carbons (Fsp3) is 0.545. The van der Waals surface area contributed by atoms with Crippen LogP contribution in [-0.2, 0) is 30.0 Å². The van der Waals surface area contributed by atoms with Crippen LogP contribution in [0.2, 0.25) is 5.28 Å². The Kier molecular flexibility index (Phi) is 5.37. The third-order valence-electron chi connectivity index (χ3n) is 6.64. The Bertz CT molecular complexity index is 978. The van der Waals surface area contributed by atoms with Crippen LogP contribution >= 0.6 is 11.6 Å². The predicted molar refractivity (Wildman–Crippen MR) is 112 cm³/mol. The summed E-state index contributed by atoms with van der Waals surface area (Å²) in [5.74, 6) is -2.60. The fourth-order valence-corrected chi connectivity index (χ4v) is 5.04. The summed E-state index contributed by atoms with van der Waals surface area (Å²) in [6, 6.07) is 6.50. The first kappa shape index (κ1) is 21.0. The molecule has 5 rings (SSSR count). The van der Waals surface area contributed by atoms with Gasteiger partial charge in [-0.1, -0.05) is 18.2 Å². The Morgan fingerprint density at radius 1 is 1.29 bits per heavy atom. The molecule has 6 nitrogen and oxygen atoms in total. The van der Waals surface area contributed by atoms with Crippen LogP contribution in [0.15, 0.2) is 24.3 Å². The first-order valence-corrected chi connectivity index (χ1v) is 10.9. The van der Waals surface area contributed by atoms with Crippen LogP contribution in [0, 0.1) is 5.41 Å². The van der Waals surface area contributed by atoms with E-state index >= 15 is 0 Å². The van der Waals surface area contributed by atoms with Crippen molar-refractivity contribution in [3.05, 3.63) is 51.9 Å². The number of ether oxygens (including phenoxy) is 1. The number of nitrogens with zero attached hydrogens (tertiary/aromatic N) is 3. The van der Waals surface area contributed by atoms with Gasteiger partial charge in [0.1, 0.15) is 12.4 Å². The highest BCUT2D eigenvalue weighted by Gasteiger charge is 2.51. The Morgan fingerprint density at radius 2 is 2.10 bits per heavy atom. The lowest BCUT2D eigenvalue weighted by atomic mass is 9.75. The number of nitrogens with one attached hydrogen (secondary N) is 1. The molecule has 3 aliphatic rings. The number of aliphatic hydroxyl groups is 1. The van der Waals surface area contributed by atoms with E-state index in [4.69, 9.17) is 21.4 Å². The summed E-state index contributed by atoms with van der Waals surface area (Å²) in [6.45, 7) is 3.00. The summed E-state index contributed by atoms with van der Waals surface area (Å²) in [6.07, 6.45) is 2.72. The molecule has 0 saturated carbocycles. The van der Waals surface area contributed by atoms with E-state index in [1.54, 1.807) is 12.1 Å². The van der Waals surface area contributed by atoms with Crippen LogP contribution in [0.3, 0.4) is 0 Å². The lowest BCUT2D eigenvalue weighted by Crippen LogP contribution is -2.68. The number of likely N-dealkylation sites (tertiary alicyclic amines) is 1. The van der Waals surface area contributed by atoms with Crippen molar-refractivity contribution in [2.75, 3.05) is 38.2 Å². The van der Waals surface area contributed by atoms with Gasteiger partial charge in [0.25, 0.3) is 5.92 Å². The molecule has 166 valence electrons. The second-order valence-electron chi connectivity index (χ2n) is 8.98. The first-order chi connectivity index (χ1) is 14.9.